The number of amides is 3. The van der Waals surface area contributed by atoms with E-state index in [1.165, 1.54) is 13.8 Å². The van der Waals surface area contributed by atoms with Crippen LogP contribution in [-0.4, -0.2) is 86.0 Å². The minimum absolute atomic E-state index is 0.199. The van der Waals surface area contributed by atoms with E-state index >= 15 is 0 Å². The van der Waals surface area contributed by atoms with Gasteiger partial charge in [0, 0.05) is 18.0 Å². The maximum atomic E-state index is 13.7. The number of carbonyl (C=O) groups is 3. The standard InChI is InChI=1S/C20H30N5O11PS/c1-9(2)35-16(29)10(3)24-37(33,38-8-11-15(28)23-18(30)21-11)34-7-12-14(27)20(4,32)17(36-12)25-6-5-13(26)22-19(25)31/h5-6,9-12,14,17,27,32H,7-8H2,1-4H3,(H,24,33)(H,22,26,31)(H2,21,23,28,30)/t10-,11-,12-,14-,17-,20-,37-/m1/s1. The first kappa shape index (κ1) is 30.0. The van der Waals surface area contributed by atoms with Crippen LogP contribution < -0.4 is 27.0 Å². The molecule has 16 nitrogen and oxygen atoms in total. The van der Waals surface area contributed by atoms with E-state index in [1.54, 1.807) is 13.8 Å². The Labute approximate surface area is 220 Å². The first-order chi connectivity index (χ1) is 17.6. The van der Waals surface area contributed by atoms with Gasteiger partial charge in [-0.05, 0) is 27.7 Å². The van der Waals surface area contributed by atoms with Crippen LogP contribution in [-0.2, 0) is 28.2 Å². The number of ether oxygens (including phenoxy) is 2. The van der Waals surface area contributed by atoms with Crippen molar-refractivity contribution in [3.63, 3.8) is 0 Å². The van der Waals surface area contributed by atoms with Crippen molar-refractivity contribution in [1.82, 2.24) is 25.3 Å². The van der Waals surface area contributed by atoms with Crippen molar-refractivity contribution in [3.05, 3.63) is 33.1 Å². The van der Waals surface area contributed by atoms with Crippen LogP contribution >= 0.6 is 18.1 Å². The molecule has 0 bridgehead atoms. The molecule has 1 aromatic rings. The molecule has 2 aliphatic rings. The summed E-state index contributed by atoms with van der Waals surface area (Å²) in [4.78, 5) is 61.2. The minimum Gasteiger partial charge on any atom is -0.462 e. The molecule has 212 valence electrons. The Balaban J connectivity index is 1.76. The van der Waals surface area contributed by atoms with E-state index < -0.39 is 84.7 Å². The fourth-order valence-corrected chi connectivity index (χ4v) is 7.51. The van der Waals surface area contributed by atoms with E-state index in [4.69, 9.17) is 14.0 Å². The minimum atomic E-state index is -4.05. The summed E-state index contributed by atoms with van der Waals surface area (Å²) in [5.41, 5.74) is -3.60. The number of urea groups is 1. The predicted octanol–water partition coefficient (Wildman–Crippen LogP) is -1.46. The summed E-state index contributed by atoms with van der Waals surface area (Å²) in [6, 6.07) is -1.82. The van der Waals surface area contributed by atoms with Crippen LogP contribution in [0.2, 0.25) is 0 Å². The van der Waals surface area contributed by atoms with Crippen LogP contribution in [0.15, 0.2) is 21.9 Å². The first-order valence-corrected chi connectivity index (χ1v) is 14.7. The Hall–Kier alpha value is -2.53. The number of hydrogen-bond donors (Lipinski definition) is 6. The molecular formula is C20H30N5O11PS. The zero-order valence-electron chi connectivity index (χ0n) is 20.9. The number of H-pyrrole nitrogens is 1. The normalized spacial score (nSPS) is 29.6. The molecule has 0 spiro atoms. The molecule has 3 amide bonds. The highest BCUT2D eigenvalue weighted by Gasteiger charge is 2.54. The average molecular weight is 580 g/mol. The van der Waals surface area contributed by atoms with Gasteiger partial charge in [0.15, 0.2) is 6.23 Å². The fraction of sp³-hybridized carbons (Fsp3) is 0.650. The van der Waals surface area contributed by atoms with Gasteiger partial charge in [-0.3, -0.25) is 33.8 Å². The average Bonchev–Trinajstić information content (AvgIpc) is 3.25. The highest BCUT2D eigenvalue weighted by atomic mass is 32.7. The zero-order valence-corrected chi connectivity index (χ0v) is 22.6. The van der Waals surface area contributed by atoms with Crippen LogP contribution in [0.25, 0.3) is 0 Å². The van der Waals surface area contributed by atoms with Crippen LogP contribution in [0, 0.1) is 0 Å². The van der Waals surface area contributed by atoms with Gasteiger partial charge in [0.2, 0.25) is 0 Å². The van der Waals surface area contributed by atoms with E-state index in [1.807, 2.05) is 10.3 Å². The van der Waals surface area contributed by atoms with Crippen LogP contribution in [0.5, 0.6) is 0 Å². The number of carbonyl (C=O) groups excluding carboxylic acids is 3. The number of aromatic nitrogens is 2. The summed E-state index contributed by atoms with van der Waals surface area (Å²) in [6.45, 7) is 1.21. The summed E-state index contributed by atoms with van der Waals surface area (Å²) in [5.74, 6) is -1.57. The van der Waals surface area contributed by atoms with Crippen molar-refractivity contribution in [2.45, 2.75) is 69.9 Å². The Morgan fingerprint density at radius 3 is 2.58 bits per heavy atom. The van der Waals surface area contributed by atoms with Crippen LogP contribution in [0.4, 0.5) is 4.79 Å². The predicted molar refractivity (Wildman–Crippen MR) is 132 cm³/mol. The van der Waals surface area contributed by atoms with Gasteiger partial charge in [-0.15, -0.1) is 0 Å². The van der Waals surface area contributed by atoms with Gasteiger partial charge < -0.3 is 29.5 Å². The molecule has 38 heavy (non-hydrogen) atoms. The van der Waals surface area contributed by atoms with Gasteiger partial charge in [0.25, 0.3) is 11.5 Å². The number of nitrogens with zero attached hydrogens (tertiary/aromatic N) is 1. The summed E-state index contributed by atoms with van der Waals surface area (Å²) in [5, 5.41) is 28.5. The Morgan fingerprint density at radius 1 is 1.32 bits per heavy atom. The number of esters is 1. The van der Waals surface area contributed by atoms with Crippen LogP contribution in [0.3, 0.4) is 0 Å². The Morgan fingerprint density at radius 2 is 2.00 bits per heavy atom. The first-order valence-electron chi connectivity index (χ1n) is 11.5. The van der Waals surface area contributed by atoms with Gasteiger partial charge in [0.1, 0.15) is 29.9 Å². The van der Waals surface area contributed by atoms with E-state index in [-0.39, 0.29) is 5.75 Å². The SMILES string of the molecule is CC(C)OC(=O)[C@@H](C)N[P@@](=O)(OC[C@H]1O[C@@H](n2ccc(=O)[nH]c2=O)[C@](C)(O)[C@@H]1O)SC[C@H]1NC(=O)NC1=O. The highest BCUT2D eigenvalue weighted by molar-refractivity contribution is 8.56. The van der Waals surface area contributed by atoms with Gasteiger partial charge >= 0.3 is 24.4 Å². The third-order valence-electron chi connectivity index (χ3n) is 5.59. The summed E-state index contributed by atoms with van der Waals surface area (Å²) in [6.07, 6.45) is -3.74. The molecule has 1 aromatic heterocycles. The second-order valence-corrected chi connectivity index (χ2v) is 13.5. The third kappa shape index (κ3) is 6.91. The monoisotopic (exact) mass is 579 g/mol. The van der Waals surface area contributed by atoms with Crippen LogP contribution in [0.1, 0.15) is 33.9 Å². The number of aromatic amines is 1. The van der Waals surface area contributed by atoms with Gasteiger partial charge in [-0.25, -0.2) is 14.7 Å². The van der Waals surface area contributed by atoms with Gasteiger partial charge in [-0.2, -0.15) is 0 Å². The van der Waals surface area contributed by atoms with Gasteiger partial charge in [0.05, 0.1) is 12.7 Å². The lowest BCUT2D eigenvalue weighted by molar-refractivity contribution is -0.149. The second kappa shape index (κ2) is 11.7. The molecule has 2 aliphatic heterocycles. The number of imide groups is 1. The Bertz CT molecular complexity index is 1230. The van der Waals surface area contributed by atoms with E-state index in [0.717, 1.165) is 16.8 Å². The maximum absolute atomic E-state index is 13.7. The lowest BCUT2D eigenvalue weighted by Crippen LogP contribution is -2.47. The number of rotatable bonds is 11. The molecule has 3 rings (SSSR count). The van der Waals surface area contributed by atoms with Crippen molar-refractivity contribution in [2.75, 3.05) is 12.4 Å². The molecule has 0 aromatic carbocycles. The molecular weight excluding hydrogens is 549 g/mol. The summed E-state index contributed by atoms with van der Waals surface area (Å²) >= 11 is 0.622. The maximum Gasteiger partial charge on any atom is 0.330 e. The largest absolute Gasteiger partial charge is 0.462 e. The number of aliphatic hydroxyl groups excluding tert-OH is 1. The molecule has 0 saturated carbocycles. The zero-order chi connectivity index (χ0) is 28.4. The van der Waals surface area contributed by atoms with Crippen molar-refractivity contribution >= 4 is 36.0 Å². The quantitative estimate of drug-likeness (QED) is 0.100. The molecule has 2 fully saturated rings. The van der Waals surface area contributed by atoms with Crippen molar-refractivity contribution < 1.29 is 43.2 Å². The third-order valence-corrected chi connectivity index (χ3v) is 9.71. The number of aliphatic hydroxyl groups is 2. The fourth-order valence-electron chi connectivity index (χ4n) is 3.65. The van der Waals surface area contributed by atoms with E-state index in [0.29, 0.717) is 11.4 Å². The number of nitrogens with one attached hydrogen (secondary N) is 4. The lowest BCUT2D eigenvalue weighted by atomic mass is 9.96. The molecule has 7 atom stereocenters. The molecule has 6 N–H and O–H groups in total. The van der Waals surface area contributed by atoms with Crippen molar-refractivity contribution in [2.24, 2.45) is 0 Å². The molecule has 3 heterocycles. The van der Waals surface area contributed by atoms with Gasteiger partial charge in [-0.1, -0.05) is 11.4 Å². The van der Waals surface area contributed by atoms with Crippen molar-refractivity contribution in [3.8, 4) is 0 Å². The highest BCUT2D eigenvalue weighted by Crippen LogP contribution is 2.57. The molecule has 2 saturated heterocycles. The molecule has 18 heteroatoms. The van der Waals surface area contributed by atoms with E-state index in [9.17, 15) is 38.8 Å². The summed E-state index contributed by atoms with van der Waals surface area (Å²) in [7, 11) is 0. The Kier molecular flexibility index (Phi) is 9.24. The second-order valence-electron chi connectivity index (χ2n) is 9.16. The molecule has 0 radical (unpaired) electrons. The van der Waals surface area contributed by atoms with E-state index in [2.05, 4.69) is 10.4 Å². The molecule has 0 unspecified atom stereocenters. The topological polar surface area (TPSA) is 227 Å². The van der Waals surface area contributed by atoms with Crippen molar-refractivity contribution in [1.29, 1.82) is 0 Å². The molecule has 0 aliphatic carbocycles. The lowest BCUT2D eigenvalue weighted by Gasteiger charge is -2.27. The summed E-state index contributed by atoms with van der Waals surface area (Å²) < 4.78 is 30.9. The smallest absolute Gasteiger partial charge is 0.330 e. The number of hydrogen-bond acceptors (Lipinski definition) is 12.